The Morgan fingerprint density at radius 1 is 1.05 bits per heavy atom. The smallest absolute Gasteiger partial charge is 0.416 e. The SMILES string of the molecule is COc1ccccc1[C@@H](C1=C=C=Cc2ccccc21)C(C)(C#N)C(=O)N1CCC(c2cccc(C(F)(F)F)c2)CC1. The highest BCUT2D eigenvalue weighted by Crippen LogP contribution is 2.50. The summed E-state index contributed by atoms with van der Waals surface area (Å²) in [5.41, 5.74) is 7.81. The molecule has 0 N–H and O–H groups in total. The highest BCUT2D eigenvalue weighted by molar-refractivity contribution is 5.92. The molecule has 1 unspecified atom stereocenters. The third-order valence-electron chi connectivity index (χ3n) is 8.15. The van der Waals surface area contributed by atoms with E-state index in [4.69, 9.17) is 4.74 Å². The number of carbonyl (C=O) groups is 1. The average Bonchev–Trinajstić information content (AvgIpc) is 3.00. The summed E-state index contributed by atoms with van der Waals surface area (Å²) in [5, 5.41) is 10.7. The third-order valence-corrected chi connectivity index (χ3v) is 8.15. The molecular formula is C34H29F3N2O2. The van der Waals surface area contributed by atoms with Crippen LogP contribution in [0.4, 0.5) is 13.2 Å². The number of hydrogen-bond acceptors (Lipinski definition) is 3. The van der Waals surface area contributed by atoms with Gasteiger partial charge in [-0.05, 0) is 60.6 Å². The number of rotatable bonds is 6. The monoisotopic (exact) mass is 554 g/mol. The number of alkyl halides is 3. The van der Waals surface area contributed by atoms with Crippen molar-refractivity contribution in [2.45, 2.75) is 37.8 Å². The molecule has 4 nitrogen and oxygen atoms in total. The highest BCUT2D eigenvalue weighted by Gasteiger charge is 2.49. The number of benzene rings is 3. The summed E-state index contributed by atoms with van der Waals surface area (Å²) in [7, 11) is 1.55. The lowest BCUT2D eigenvalue weighted by Crippen LogP contribution is -2.48. The van der Waals surface area contributed by atoms with E-state index >= 15 is 0 Å². The summed E-state index contributed by atoms with van der Waals surface area (Å²) in [6, 6.07) is 22.8. The predicted molar refractivity (Wildman–Crippen MR) is 151 cm³/mol. The van der Waals surface area contributed by atoms with E-state index in [1.807, 2.05) is 48.5 Å². The number of amides is 1. The van der Waals surface area contributed by atoms with Gasteiger partial charge >= 0.3 is 6.18 Å². The molecule has 1 fully saturated rings. The molecule has 0 bridgehead atoms. The van der Waals surface area contributed by atoms with E-state index in [9.17, 15) is 23.2 Å². The summed E-state index contributed by atoms with van der Waals surface area (Å²) in [6.45, 7) is 2.32. The summed E-state index contributed by atoms with van der Waals surface area (Å²) in [6.07, 6.45) is -1.59. The van der Waals surface area contributed by atoms with Crippen molar-refractivity contribution in [3.63, 3.8) is 0 Å². The number of ether oxygens (including phenoxy) is 1. The minimum absolute atomic E-state index is 0.110. The van der Waals surface area contributed by atoms with Gasteiger partial charge in [-0.1, -0.05) is 72.1 Å². The number of methoxy groups -OCH3 is 1. The van der Waals surface area contributed by atoms with Gasteiger partial charge in [0.2, 0.25) is 5.91 Å². The van der Waals surface area contributed by atoms with E-state index < -0.39 is 23.1 Å². The molecule has 2 aliphatic rings. The van der Waals surface area contributed by atoms with Crippen LogP contribution in [0.1, 0.15) is 59.4 Å². The van der Waals surface area contributed by atoms with E-state index in [1.54, 1.807) is 31.1 Å². The number of carbonyl (C=O) groups excluding carboxylic acids is 1. The van der Waals surface area contributed by atoms with Crippen LogP contribution < -0.4 is 4.74 Å². The van der Waals surface area contributed by atoms with Gasteiger partial charge in [0.05, 0.1) is 18.7 Å². The third kappa shape index (κ3) is 5.33. The van der Waals surface area contributed by atoms with Crippen LogP contribution in [0.25, 0.3) is 11.6 Å². The lowest BCUT2D eigenvalue weighted by molar-refractivity contribution is -0.140. The van der Waals surface area contributed by atoms with Crippen LogP contribution >= 0.6 is 0 Å². The van der Waals surface area contributed by atoms with E-state index in [0.717, 1.165) is 17.2 Å². The van der Waals surface area contributed by atoms with Gasteiger partial charge in [0.25, 0.3) is 0 Å². The van der Waals surface area contributed by atoms with E-state index in [2.05, 4.69) is 17.5 Å². The zero-order chi connectivity index (χ0) is 29.2. The van der Waals surface area contributed by atoms with Crippen LogP contribution in [0.2, 0.25) is 0 Å². The summed E-state index contributed by atoms with van der Waals surface area (Å²) in [4.78, 5) is 16.0. The molecule has 1 amide bonds. The molecule has 3 aromatic carbocycles. The number of nitrogens with zero attached hydrogens (tertiary/aromatic N) is 2. The first-order chi connectivity index (χ1) is 19.7. The molecule has 1 aliphatic carbocycles. The molecule has 0 aromatic heterocycles. The molecular weight excluding hydrogens is 525 g/mol. The number of fused-ring (bicyclic) bond motifs is 1. The van der Waals surface area contributed by atoms with Gasteiger partial charge < -0.3 is 9.64 Å². The number of likely N-dealkylation sites (tertiary alicyclic amines) is 1. The molecule has 7 heteroatoms. The van der Waals surface area contributed by atoms with Gasteiger partial charge in [-0.25, -0.2) is 0 Å². The Bertz CT molecular complexity index is 1620. The van der Waals surface area contributed by atoms with Gasteiger partial charge in [0.1, 0.15) is 11.2 Å². The number of para-hydroxylation sites is 1. The fourth-order valence-electron chi connectivity index (χ4n) is 5.96. The van der Waals surface area contributed by atoms with Crippen LogP contribution in [-0.2, 0) is 11.0 Å². The molecule has 2 atom stereocenters. The maximum atomic E-state index is 14.3. The molecule has 0 saturated carbocycles. The number of allylic oxidation sites excluding steroid dienone is 1. The predicted octanol–water partition coefficient (Wildman–Crippen LogP) is 7.60. The Morgan fingerprint density at radius 2 is 1.76 bits per heavy atom. The molecule has 1 heterocycles. The van der Waals surface area contributed by atoms with Crippen molar-refractivity contribution in [2.24, 2.45) is 5.41 Å². The topological polar surface area (TPSA) is 53.3 Å². The van der Waals surface area contributed by atoms with Crippen LogP contribution in [0.5, 0.6) is 5.75 Å². The standard InChI is InChI=1S/C34H29F3N2O2/c1-33(22-38,32(40)39-19-17-23(18-20-39)25-11-7-12-26(21-25)34(35,36)37)31(29-14-5-6-16-30(29)41-2)28-15-8-10-24-9-3-4-13-27(24)28/h3-7,9-14,16,21,23,31H,17-20H2,1-2H3/t31-,33?/m1/s1. The number of piperidine rings is 1. The van der Waals surface area contributed by atoms with Gasteiger partial charge in [-0.15, -0.1) is 0 Å². The van der Waals surface area contributed by atoms with Crippen molar-refractivity contribution in [1.29, 1.82) is 5.26 Å². The number of halogens is 3. The zero-order valence-electron chi connectivity index (χ0n) is 22.8. The van der Waals surface area contributed by atoms with Crippen molar-refractivity contribution >= 4 is 17.6 Å². The van der Waals surface area contributed by atoms with Gasteiger partial charge in [0, 0.05) is 30.1 Å². The molecule has 1 aliphatic heterocycles. The first-order valence-corrected chi connectivity index (χ1v) is 13.5. The maximum absolute atomic E-state index is 14.3. The lowest BCUT2D eigenvalue weighted by Gasteiger charge is -2.40. The Labute approximate surface area is 237 Å². The first-order valence-electron chi connectivity index (χ1n) is 13.5. The molecule has 208 valence electrons. The molecule has 3 aromatic rings. The summed E-state index contributed by atoms with van der Waals surface area (Å²) >= 11 is 0. The van der Waals surface area contributed by atoms with E-state index in [-0.39, 0.29) is 11.8 Å². The van der Waals surface area contributed by atoms with E-state index in [1.165, 1.54) is 12.1 Å². The first kappa shape index (κ1) is 28.1. The Hall–Kier alpha value is -4.49. The minimum Gasteiger partial charge on any atom is -0.496 e. The molecule has 5 rings (SSSR count). The summed E-state index contributed by atoms with van der Waals surface area (Å²) < 4.78 is 45.5. The number of nitriles is 1. The second-order valence-corrected chi connectivity index (χ2v) is 10.6. The van der Waals surface area contributed by atoms with Crippen molar-refractivity contribution in [2.75, 3.05) is 20.2 Å². The maximum Gasteiger partial charge on any atom is 0.416 e. The fraction of sp³-hybridized carbons (Fsp3) is 0.294. The van der Waals surface area contributed by atoms with Gasteiger partial charge in [-0.2, -0.15) is 18.4 Å². The van der Waals surface area contributed by atoms with Crippen LogP contribution in [0.3, 0.4) is 0 Å². The second-order valence-electron chi connectivity index (χ2n) is 10.6. The summed E-state index contributed by atoms with van der Waals surface area (Å²) in [5.74, 6) is -0.614. The second kappa shape index (κ2) is 11.2. The normalized spacial score (nSPS) is 17.2. The Balaban J connectivity index is 1.49. The number of hydrogen-bond donors (Lipinski definition) is 0. The quantitative estimate of drug-likeness (QED) is 0.295. The molecule has 0 radical (unpaired) electrons. The van der Waals surface area contributed by atoms with Crippen LogP contribution in [-0.4, -0.2) is 31.0 Å². The van der Waals surface area contributed by atoms with Crippen LogP contribution in [0, 0.1) is 16.7 Å². The van der Waals surface area contributed by atoms with Crippen molar-refractivity contribution in [3.8, 4) is 11.8 Å². The van der Waals surface area contributed by atoms with E-state index in [0.29, 0.717) is 48.4 Å². The highest BCUT2D eigenvalue weighted by atomic mass is 19.4. The minimum atomic E-state index is -4.41. The van der Waals surface area contributed by atoms with Gasteiger partial charge in [0.15, 0.2) is 0 Å². The molecule has 1 saturated heterocycles. The lowest BCUT2D eigenvalue weighted by atomic mass is 9.67. The van der Waals surface area contributed by atoms with Crippen molar-refractivity contribution in [3.05, 3.63) is 112 Å². The van der Waals surface area contributed by atoms with Crippen molar-refractivity contribution in [1.82, 2.24) is 4.90 Å². The van der Waals surface area contributed by atoms with Crippen molar-refractivity contribution < 1.29 is 22.7 Å². The van der Waals surface area contributed by atoms with Crippen LogP contribution in [0.15, 0.2) is 84.3 Å². The molecule has 41 heavy (non-hydrogen) atoms. The Morgan fingerprint density at radius 3 is 2.46 bits per heavy atom. The zero-order valence-corrected chi connectivity index (χ0v) is 22.8. The molecule has 0 spiro atoms. The fourth-order valence-corrected chi connectivity index (χ4v) is 5.96. The largest absolute Gasteiger partial charge is 0.496 e. The Kier molecular flexibility index (Phi) is 7.65. The average molecular weight is 555 g/mol. The van der Waals surface area contributed by atoms with Gasteiger partial charge in [-0.3, -0.25) is 4.79 Å².